The highest BCUT2D eigenvalue weighted by atomic mass is 16.5. The molecule has 1 atom stereocenters. The molecule has 0 aliphatic rings. The summed E-state index contributed by atoms with van der Waals surface area (Å²) >= 11 is 0. The summed E-state index contributed by atoms with van der Waals surface area (Å²) in [6.07, 6.45) is 2.62. The van der Waals surface area contributed by atoms with Crippen molar-refractivity contribution >= 4 is 0 Å². The minimum atomic E-state index is -0.450. The number of benzene rings is 2. The highest BCUT2D eigenvalue weighted by Crippen LogP contribution is 2.28. The van der Waals surface area contributed by atoms with E-state index in [-0.39, 0.29) is 0 Å². The van der Waals surface area contributed by atoms with Gasteiger partial charge in [-0.2, -0.15) is 5.26 Å². The average molecular weight is 293 g/mol. The molecule has 0 heterocycles. The van der Waals surface area contributed by atoms with Crippen molar-refractivity contribution in [1.29, 1.82) is 5.26 Å². The van der Waals surface area contributed by atoms with Crippen LogP contribution in [0.3, 0.4) is 0 Å². The second-order valence-electron chi connectivity index (χ2n) is 5.72. The number of para-hydroxylation sites is 1. The zero-order valence-electron chi connectivity index (χ0n) is 13.4. The number of hydrogen-bond donors (Lipinski definition) is 0. The second kappa shape index (κ2) is 7.66. The van der Waals surface area contributed by atoms with E-state index in [1.807, 2.05) is 55.5 Å². The highest BCUT2D eigenvalue weighted by Gasteiger charge is 2.25. The van der Waals surface area contributed by atoms with Crippen LogP contribution >= 0.6 is 0 Å². The van der Waals surface area contributed by atoms with Gasteiger partial charge >= 0.3 is 0 Å². The lowest BCUT2D eigenvalue weighted by molar-refractivity contribution is 0.293. The molecule has 0 spiro atoms. The van der Waals surface area contributed by atoms with Crippen LogP contribution in [-0.2, 0) is 11.8 Å². The van der Waals surface area contributed by atoms with Crippen LogP contribution in [0.1, 0.15) is 37.8 Å². The van der Waals surface area contributed by atoms with Crippen molar-refractivity contribution in [1.82, 2.24) is 0 Å². The van der Waals surface area contributed by atoms with Gasteiger partial charge in [-0.3, -0.25) is 0 Å². The molecule has 0 radical (unpaired) electrons. The summed E-state index contributed by atoms with van der Waals surface area (Å²) in [5, 5.41) is 9.55. The topological polar surface area (TPSA) is 33.0 Å². The van der Waals surface area contributed by atoms with Crippen molar-refractivity contribution in [2.24, 2.45) is 0 Å². The third-order valence-corrected chi connectivity index (χ3v) is 4.09. The molecule has 0 saturated carbocycles. The minimum Gasteiger partial charge on any atom is -0.493 e. The molecule has 0 amide bonds. The first-order valence-corrected chi connectivity index (χ1v) is 7.87. The van der Waals surface area contributed by atoms with Gasteiger partial charge in [-0.15, -0.1) is 0 Å². The third kappa shape index (κ3) is 3.89. The molecule has 22 heavy (non-hydrogen) atoms. The van der Waals surface area contributed by atoms with E-state index < -0.39 is 5.41 Å². The molecule has 1 unspecified atom stereocenters. The van der Waals surface area contributed by atoms with E-state index in [1.165, 1.54) is 5.56 Å². The van der Waals surface area contributed by atoms with Crippen molar-refractivity contribution in [3.05, 3.63) is 65.7 Å². The number of ether oxygens (including phenoxy) is 1. The average Bonchev–Trinajstić information content (AvgIpc) is 2.59. The molecule has 0 aromatic heterocycles. The van der Waals surface area contributed by atoms with Gasteiger partial charge in [0.15, 0.2) is 0 Å². The maximum absolute atomic E-state index is 9.55. The first-order chi connectivity index (χ1) is 10.7. The van der Waals surface area contributed by atoms with Crippen LogP contribution < -0.4 is 4.74 Å². The summed E-state index contributed by atoms with van der Waals surface area (Å²) in [6.45, 7) is 4.77. The van der Waals surface area contributed by atoms with Gasteiger partial charge in [0.25, 0.3) is 0 Å². The zero-order valence-corrected chi connectivity index (χ0v) is 13.4. The predicted octanol–water partition coefficient (Wildman–Crippen LogP) is 4.89. The van der Waals surface area contributed by atoms with Crippen molar-refractivity contribution in [3.8, 4) is 11.8 Å². The fourth-order valence-electron chi connectivity index (χ4n) is 2.62. The second-order valence-corrected chi connectivity index (χ2v) is 5.72. The Kier molecular flexibility index (Phi) is 5.61. The normalized spacial score (nSPS) is 13.1. The summed E-state index contributed by atoms with van der Waals surface area (Å²) in [5.74, 6) is 0.961. The molecular formula is C20H23NO. The summed E-state index contributed by atoms with van der Waals surface area (Å²) in [4.78, 5) is 0. The molecule has 0 fully saturated rings. The third-order valence-electron chi connectivity index (χ3n) is 4.09. The van der Waals surface area contributed by atoms with E-state index in [2.05, 4.69) is 19.1 Å². The molecular weight excluding hydrogens is 270 g/mol. The Labute approximate surface area is 133 Å². The van der Waals surface area contributed by atoms with Gasteiger partial charge in [-0.1, -0.05) is 55.5 Å². The molecule has 0 saturated heterocycles. The van der Waals surface area contributed by atoms with Crippen LogP contribution in [0, 0.1) is 11.3 Å². The highest BCUT2D eigenvalue weighted by molar-refractivity contribution is 5.33. The molecule has 2 heteroatoms. The summed E-state index contributed by atoms with van der Waals surface area (Å²) in [7, 11) is 0. The summed E-state index contributed by atoms with van der Waals surface area (Å²) in [6, 6.07) is 20.6. The Balaban J connectivity index is 1.91. The van der Waals surface area contributed by atoms with Gasteiger partial charge in [0.05, 0.1) is 18.1 Å². The SMILES string of the molecule is CCc1ccccc1OCCCC(C)(C#N)c1ccccc1. The molecule has 0 bridgehead atoms. The van der Waals surface area contributed by atoms with E-state index >= 15 is 0 Å². The Bertz CT molecular complexity index is 630. The first-order valence-electron chi connectivity index (χ1n) is 7.87. The fourth-order valence-corrected chi connectivity index (χ4v) is 2.62. The molecule has 0 N–H and O–H groups in total. The van der Waals surface area contributed by atoms with Gasteiger partial charge < -0.3 is 4.74 Å². The van der Waals surface area contributed by atoms with Crippen molar-refractivity contribution in [3.63, 3.8) is 0 Å². The Morgan fingerprint density at radius 1 is 1.05 bits per heavy atom. The van der Waals surface area contributed by atoms with Crippen molar-refractivity contribution in [2.75, 3.05) is 6.61 Å². The maximum Gasteiger partial charge on any atom is 0.122 e. The number of rotatable bonds is 7. The van der Waals surface area contributed by atoms with Crippen LogP contribution in [0.25, 0.3) is 0 Å². The van der Waals surface area contributed by atoms with E-state index in [0.29, 0.717) is 6.61 Å². The van der Waals surface area contributed by atoms with Crippen molar-refractivity contribution < 1.29 is 4.74 Å². The fraction of sp³-hybridized carbons (Fsp3) is 0.350. The van der Waals surface area contributed by atoms with E-state index in [9.17, 15) is 5.26 Å². The van der Waals surface area contributed by atoms with Gasteiger partial charge in [0.2, 0.25) is 0 Å². The Hall–Kier alpha value is -2.27. The monoisotopic (exact) mass is 293 g/mol. The van der Waals surface area contributed by atoms with Gasteiger partial charge in [0.1, 0.15) is 5.75 Å². The summed E-state index contributed by atoms with van der Waals surface area (Å²) < 4.78 is 5.89. The smallest absolute Gasteiger partial charge is 0.122 e. The summed E-state index contributed by atoms with van der Waals surface area (Å²) in [5.41, 5.74) is 1.86. The molecule has 0 aliphatic heterocycles. The molecule has 0 aliphatic carbocycles. The van der Waals surface area contributed by atoms with E-state index in [0.717, 1.165) is 30.6 Å². The Morgan fingerprint density at radius 3 is 2.41 bits per heavy atom. The lowest BCUT2D eigenvalue weighted by Crippen LogP contribution is -2.20. The molecule has 2 aromatic carbocycles. The quantitative estimate of drug-likeness (QED) is 0.681. The molecule has 2 rings (SSSR count). The van der Waals surface area contributed by atoms with Gasteiger partial charge in [0, 0.05) is 0 Å². The minimum absolute atomic E-state index is 0.450. The zero-order chi connectivity index (χ0) is 15.8. The number of hydrogen-bond acceptors (Lipinski definition) is 2. The van der Waals surface area contributed by atoms with Gasteiger partial charge in [-0.25, -0.2) is 0 Å². The van der Waals surface area contributed by atoms with E-state index in [1.54, 1.807) is 0 Å². The molecule has 2 nitrogen and oxygen atoms in total. The molecule has 114 valence electrons. The lowest BCUT2D eigenvalue weighted by atomic mass is 9.80. The maximum atomic E-state index is 9.55. The van der Waals surface area contributed by atoms with Crippen molar-refractivity contribution in [2.45, 2.75) is 38.5 Å². The number of nitrogens with zero attached hydrogens (tertiary/aromatic N) is 1. The van der Waals surface area contributed by atoms with Gasteiger partial charge in [-0.05, 0) is 43.4 Å². The van der Waals surface area contributed by atoms with Crippen LogP contribution in [0.15, 0.2) is 54.6 Å². The number of aryl methyl sites for hydroxylation is 1. The first kappa shape index (κ1) is 16.1. The van der Waals surface area contributed by atoms with E-state index in [4.69, 9.17) is 4.74 Å². The number of nitriles is 1. The standard InChI is InChI=1S/C20H23NO/c1-3-17-10-7-8-13-19(17)22-15-9-14-20(2,16-21)18-11-5-4-6-12-18/h4-8,10-13H,3,9,14-15H2,1-2H3. The van der Waals surface area contributed by atoms with Crippen LogP contribution in [0.4, 0.5) is 0 Å². The molecule has 2 aromatic rings. The lowest BCUT2D eigenvalue weighted by Gasteiger charge is -2.22. The predicted molar refractivity (Wildman–Crippen MR) is 90.0 cm³/mol. The van der Waals surface area contributed by atoms with Crippen LogP contribution in [0.5, 0.6) is 5.75 Å². The largest absolute Gasteiger partial charge is 0.493 e. The van der Waals surface area contributed by atoms with Crippen LogP contribution in [0.2, 0.25) is 0 Å². The van der Waals surface area contributed by atoms with Crippen LogP contribution in [-0.4, -0.2) is 6.61 Å². The Morgan fingerprint density at radius 2 is 1.73 bits per heavy atom.